The number of carbonyl (C=O) groups is 1. The number of aliphatic imine (C=N–C) groups is 1. The van der Waals surface area contributed by atoms with Gasteiger partial charge in [-0.2, -0.15) is 0 Å². The number of hydrogen-bond donors (Lipinski definition) is 3. The highest BCUT2D eigenvalue weighted by atomic mass is 35.6. The van der Waals surface area contributed by atoms with Crippen LogP contribution in [0.3, 0.4) is 0 Å². The fourth-order valence-electron chi connectivity index (χ4n) is 0.966. The zero-order chi connectivity index (χ0) is 12.8. The topological polar surface area (TPSA) is 102 Å². The van der Waals surface area contributed by atoms with E-state index in [2.05, 4.69) is 4.99 Å². The van der Waals surface area contributed by atoms with Crippen molar-refractivity contribution in [1.82, 2.24) is 0 Å². The minimum Gasteiger partial charge on any atom is -0.480 e. The van der Waals surface area contributed by atoms with Crippen molar-refractivity contribution in [3.05, 3.63) is 0 Å². The van der Waals surface area contributed by atoms with Crippen LogP contribution in [0.1, 0.15) is 19.3 Å². The maximum Gasteiger partial charge on any atom is 0.328 e. The second-order valence-corrected chi connectivity index (χ2v) is 5.43. The summed E-state index contributed by atoms with van der Waals surface area (Å²) in [6.45, 7) is 0.496. The number of amidine groups is 1. The number of halogens is 3. The molecule has 0 spiro atoms. The number of carboxylic acids is 1. The van der Waals surface area contributed by atoms with Crippen molar-refractivity contribution < 1.29 is 9.90 Å². The first-order valence-corrected chi connectivity index (χ1v) is 5.75. The monoisotopic (exact) mass is 289 g/mol. The lowest BCUT2D eigenvalue weighted by atomic mass is 10.1. The second-order valence-electron chi connectivity index (χ2n) is 3.15. The number of unbranched alkanes of at least 4 members (excludes halogenated alkanes) is 1. The number of rotatable bonds is 6. The summed E-state index contributed by atoms with van der Waals surface area (Å²) in [5.41, 5.74) is 10.6. The summed E-state index contributed by atoms with van der Waals surface area (Å²) in [7, 11) is 0. The molecule has 94 valence electrons. The maximum absolute atomic E-state index is 10.8. The Labute approximate surface area is 109 Å². The van der Waals surface area contributed by atoms with Gasteiger partial charge < -0.3 is 16.6 Å². The van der Waals surface area contributed by atoms with Crippen molar-refractivity contribution >= 4 is 46.6 Å². The highest BCUT2D eigenvalue weighted by Crippen LogP contribution is 2.26. The summed E-state index contributed by atoms with van der Waals surface area (Å²) in [5.74, 6) is -1.42. The highest BCUT2D eigenvalue weighted by Gasteiger charge is 2.27. The van der Waals surface area contributed by atoms with Crippen LogP contribution in [0.4, 0.5) is 0 Å². The molecule has 0 saturated heterocycles. The first-order valence-electron chi connectivity index (χ1n) is 4.62. The van der Waals surface area contributed by atoms with E-state index in [1.54, 1.807) is 0 Å². The van der Waals surface area contributed by atoms with Crippen molar-refractivity contribution in [1.29, 1.82) is 0 Å². The lowest BCUT2D eigenvalue weighted by Crippen LogP contribution is -2.32. The summed E-state index contributed by atoms with van der Waals surface area (Å²) in [6.07, 6.45) is 1.66. The van der Waals surface area contributed by atoms with Gasteiger partial charge in [-0.25, -0.2) is 4.79 Å². The molecule has 0 aromatic carbocycles. The van der Waals surface area contributed by atoms with Crippen LogP contribution < -0.4 is 11.5 Å². The summed E-state index contributed by atoms with van der Waals surface area (Å²) in [6, 6.07) is -0.998. The molecule has 0 rings (SSSR count). The average molecular weight is 291 g/mol. The van der Waals surface area contributed by atoms with Crippen LogP contribution in [-0.4, -0.2) is 33.3 Å². The van der Waals surface area contributed by atoms with Crippen LogP contribution in [0.2, 0.25) is 0 Å². The van der Waals surface area contributed by atoms with Crippen LogP contribution in [0, 0.1) is 0 Å². The minimum atomic E-state index is -1.87. The number of aliphatic carboxylic acids is 1. The van der Waals surface area contributed by atoms with E-state index in [0.717, 1.165) is 0 Å². The Kier molecular flexibility index (Phi) is 7.06. The van der Waals surface area contributed by atoms with Gasteiger partial charge in [0, 0.05) is 0 Å². The van der Waals surface area contributed by atoms with Gasteiger partial charge in [0.25, 0.3) is 0 Å². The summed E-state index contributed by atoms with van der Waals surface area (Å²) < 4.78 is -1.87. The van der Waals surface area contributed by atoms with E-state index in [4.69, 9.17) is 51.4 Å². The molecule has 1 atom stereocenters. The Morgan fingerprint density at radius 3 is 2.31 bits per heavy atom. The van der Waals surface area contributed by atoms with E-state index in [1.165, 1.54) is 0 Å². The third-order valence-corrected chi connectivity index (χ3v) is 2.38. The molecule has 0 aromatic heterocycles. The standard InChI is InChI=1S/C8H14Cl3N3O2/c9-8(10,11)7(13)14-5(6(15)16)3-1-2-4-12/h5H,1-4,12H2,(H2,13,14)(H,15,16)/t5-/m0/s1. The third-order valence-electron chi connectivity index (χ3n) is 1.80. The van der Waals surface area contributed by atoms with Crippen molar-refractivity contribution in [3.8, 4) is 0 Å². The molecular formula is C8H14Cl3N3O2. The molecule has 0 aliphatic heterocycles. The number of nitrogens with two attached hydrogens (primary N) is 2. The average Bonchev–Trinajstić information content (AvgIpc) is 2.14. The van der Waals surface area contributed by atoms with E-state index in [1.807, 2.05) is 0 Å². The van der Waals surface area contributed by atoms with E-state index < -0.39 is 15.8 Å². The quantitative estimate of drug-likeness (QED) is 0.297. The van der Waals surface area contributed by atoms with Gasteiger partial charge in [-0.3, -0.25) is 4.99 Å². The Hall–Kier alpha value is -0.230. The first-order chi connectivity index (χ1) is 7.29. The molecule has 5 nitrogen and oxygen atoms in total. The second kappa shape index (κ2) is 7.17. The number of hydrogen-bond acceptors (Lipinski definition) is 3. The van der Waals surface area contributed by atoms with Crippen LogP contribution in [-0.2, 0) is 4.79 Å². The molecule has 0 unspecified atom stereocenters. The van der Waals surface area contributed by atoms with Gasteiger partial charge >= 0.3 is 5.97 Å². The van der Waals surface area contributed by atoms with Crippen molar-refractivity contribution in [3.63, 3.8) is 0 Å². The molecule has 0 aromatic rings. The fraction of sp³-hybridized carbons (Fsp3) is 0.750. The maximum atomic E-state index is 10.8. The van der Waals surface area contributed by atoms with E-state index in [0.29, 0.717) is 25.8 Å². The summed E-state index contributed by atoms with van der Waals surface area (Å²) >= 11 is 16.4. The summed E-state index contributed by atoms with van der Waals surface area (Å²) in [4.78, 5) is 14.5. The predicted octanol–water partition coefficient (Wildman–Crippen LogP) is 1.30. The van der Waals surface area contributed by atoms with Gasteiger partial charge in [0.15, 0.2) is 0 Å². The van der Waals surface area contributed by atoms with Gasteiger partial charge in [0.1, 0.15) is 11.9 Å². The number of carboxylic acid groups (broad SMARTS) is 1. The van der Waals surface area contributed by atoms with E-state index in [-0.39, 0.29) is 5.84 Å². The van der Waals surface area contributed by atoms with Gasteiger partial charge in [0.05, 0.1) is 0 Å². The molecule has 8 heteroatoms. The zero-order valence-electron chi connectivity index (χ0n) is 8.50. The summed E-state index contributed by atoms with van der Waals surface area (Å²) in [5, 5.41) is 8.86. The first kappa shape index (κ1) is 15.8. The van der Waals surface area contributed by atoms with Crippen LogP contribution in [0.15, 0.2) is 4.99 Å². The molecule has 5 N–H and O–H groups in total. The molecule has 0 aliphatic carbocycles. The molecule has 0 aliphatic rings. The van der Waals surface area contributed by atoms with Gasteiger partial charge in [-0.1, -0.05) is 34.8 Å². The van der Waals surface area contributed by atoms with Crippen LogP contribution in [0.5, 0.6) is 0 Å². The molecule has 0 radical (unpaired) electrons. The number of nitrogens with zero attached hydrogens (tertiary/aromatic N) is 1. The molecule has 0 fully saturated rings. The molecule has 0 amide bonds. The van der Waals surface area contributed by atoms with Gasteiger partial charge in [0.2, 0.25) is 3.79 Å². The molecule has 0 heterocycles. The van der Waals surface area contributed by atoms with Crippen molar-refractivity contribution in [2.24, 2.45) is 16.5 Å². The van der Waals surface area contributed by atoms with E-state index >= 15 is 0 Å². The Morgan fingerprint density at radius 1 is 1.38 bits per heavy atom. The van der Waals surface area contributed by atoms with Crippen molar-refractivity contribution in [2.45, 2.75) is 29.1 Å². The molecule has 0 bridgehead atoms. The van der Waals surface area contributed by atoms with Gasteiger partial charge in [-0.05, 0) is 25.8 Å². The van der Waals surface area contributed by atoms with Crippen molar-refractivity contribution in [2.75, 3.05) is 6.54 Å². The smallest absolute Gasteiger partial charge is 0.328 e. The highest BCUT2D eigenvalue weighted by molar-refractivity contribution is 6.76. The largest absolute Gasteiger partial charge is 0.480 e. The van der Waals surface area contributed by atoms with Gasteiger partial charge in [-0.15, -0.1) is 0 Å². The number of alkyl halides is 3. The van der Waals surface area contributed by atoms with Crippen LogP contribution >= 0.6 is 34.8 Å². The third kappa shape index (κ3) is 6.37. The lowest BCUT2D eigenvalue weighted by Gasteiger charge is -2.13. The van der Waals surface area contributed by atoms with Crippen LogP contribution in [0.25, 0.3) is 0 Å². The lowest BCUT2D eigenvalue weighted by molar-refractivity contribution is -0.138. The predicted molar refractivity (Wildman–Crippen MR) is 66.2 cm³/mol. The Morgan fingerprint density at radius 2 is 1.94 bits per heavy atom. The SMILES string of the molecule is NCCCC[C@H](N=C(N)C(Cl)(Cl)Cl)C(=O)O. The normalized spacial score (nSPS) is 14.9. The molecule has 16 heavy (non-hydrogen) atoms. The molecule has 0 saturated carbocycles. The fourth-order valence-corrected chi connectivity index (χ4v) is 1.11. The zero-order valence-corrected chi connectivity index (χ0v) is 10.8. The van der Waals surface area contributed by atoms with E-state index in [9.17, 15) is 4.79 Å². The Balaban J connectivity index is 4.50. The Bertz CT molecular complexity index is 266. The minimum absolute atomic E-state index is 0.313. The molecular weight excluding hydrogens is 276 g/mol.